The van der Waals surface area contributed by atoms with E-state index in [0.29, 0.717) is 5.78 Å². The van der Waals surface area contributed by atoms with Crippen molar-refractivity contribution in [2.24, 2.45) is 0 Å². The Morgan fingerprint density at radius 1 is 1.07 bits per heavy atom. The molecule has 0 saturated carbocycles. The van der Waals surface area contributed by atoms with E-state index in [1.165, 1.54) is 32.4 Å². The van der Waals surface area contributed by atoms with E-state index in [0.717, 1.165) is 37.6 Å². The van der Waals surface area contributed by atoms with Crippen molar-refractivity contribution >= 4 is 21.7 Å². The van der Waals surface area contributed by atoms with Crippen LogP contribution in [-0.4, -0.2) is 35.6 Å². The van der Waals surface area contributed by atoms with E-state index in [9.17, 15) is 4.79 Å². The van der Waals surface area contributed by atoms with Crippen molar-refractivity contribution in [3.05, 3.63) is 0 Å². The highest BCUT2D eigenvalue weighted by molar-refractivity contribution is 9.09. The van der Waals surface area contributed by atoms with E-state index in [2.05, 4.69) is 20.8 Å². The van der Waals surface area contributed by atoms with E-state index in [4.69, 9.17) is 0 Å². The summed E-state index contributed by atoms with van der Waals surface area (Å²) >= 11 is 3.35. The Morgan fingerprint density at radius 2 is 1.73 bits per heavy atom. The summed E-state index contributed by atoms with van der Waals surface area (Å²) in [6, 6.07) is 0. The zero-order chi connectivity index (χ0) is 10.9. The second kappa shape index (κ2) is 8.28. The summed E-state index contributed by atoms with van der Waals surface area (Å²) in [5.74, 6) is 0.437. The van der Waals surface area contributed by atoms with Gasteiger partial charge in [-0.2, -0.15) is 0 Å². The first-order valence-corrected chi connectivity index (χ1v) is 7.25. The van der Waals surface area contributed by atoms with Gasteiger partial charge in [-0.25, -0.2) is 0 Å². The van der Waals surface area contributed by atoms with Crippen LogP contribution in [0.3, 0.4) is 0 Å². The molecule has 0 spiro atoms. The normalized spacial score (nSPS) is 17.9. The molecule has 0 unspecified atom stereocenters. The van der Waals surface area contributed by atoms with Gasteiger partial charge in [0.25, 0.3) is 0 Å². The Bertz CT molecular complexity index is 178. The number of likely N-dealkylation sites (tertiary alicyclic amines) is 1. The van der Waals surface area contributed by atoms with Crippen LogP contribution in [0.4, 0.5) is 0 Å². The molecule has 0 aliphatic carbocycles. The first-order chi connectivity index (χ1) is 7.33. The molecule has 1 aliphatic heterocycles. The third kappa shape index (κ3) is 6.31. The number of piperidine rings is 1. The number of hydrogen-bond acceptors (Lipinski definition) is 2. The molecule has 2 nitrogen and oxygen atoms in total. The molecule has 0 aromatic rings. The zero-order valence-corrected chi connectivity index (χ0v) is 11.1. The minimum atomic E-state index is 0.437. The summed E-state index contributed by atoms with van der Waals surface area (Å²) < 4.78 is 0. The second-order valence-corrected chi connectivity index (χ2v) is 5.13. The van der Waals surface area contributed by atoms with Crippen molar-refractivity contribution in [3.8, 4) is 0 Å². The molecule has 1 rings (SSSR count). The van der Waals surface area contributed by atoms with E-state index in [1.807, 2.05) is 0 Å². The van der Waals surface area contributed by atoms with E-state index < -0.39 is 0 Å². The standard InChI is InChI=1S/C12H22BrNO/c13-8-4-6-12(15)7-5-11-14-9-2-1-3-10-14/h1-11H2. The van der Waals surface area contributed by atoms with Crippen LogP contribution in [0.25, 0.3) is 0 Å². The van der Waals surface area contributed by atoms with E-state index in [1.54, 1.807) is 0 Å². The lowest BCUT2D eigenvalue weighted by Crippen LogP contribution is -2.30. The molecule has 1 heterocycles. The maximum absolute atomic E-state index is 11.4. The molecule has 0 atom stereocenters. The van der Waals surface area contributed by atoms with Crippen LogP contribution in [0.1, 0.15) is 44.9 Å². The van der Waals surface area contributed by atoms with Crippen LogP contribution in [0.2, 0.25) is 0 Å². The topological polar surface area (TPSA) is 20.3 Å². The molecular formula is C12H22BrNO. The molecule has 1 aliphatic rings. The van der Waals surface area contributed by atoms with Crippen LogP contribution in [0, 0.1) is 0 Å². The number of alkyl halides is 1. The van der Waals surface area contributed by atoms with Gasteiger partial charge in [0, 0.05) is 18.2 Å². The van der Waals surface area contributed by atoms with Gasteiger partial charge in [-0.05, 0) is 45.3 Å². The molecule has 88 valence electrons. The van der Waals surface area contributed by atoms with Crippen molar-refractivity contribution in [1.29, 1.82) is 0 Å². The number of halogens is 1. The molecule has 0 amide bonds. The lowest BCUT2D eigenvalue weighted by atomic mass is 10.1. The average Bonchev–Trinajstić information content (AvgIpc) is 2.28. The van der Waals surface area contributed by atoms with Crippen LogP contribution in [0.15, 0.2) is 0 Å². The van der Waals surface area contributed by atoms with Gasteiger partial charge in [-0.1, -0.05) is 22.4 Å². The summed E-state index contributed by atoms with van der Waals surface area (Å²) in [6.07, 6.45) is 7.66. The largest absolute Gasteiger partial charge is 0.303 e. The molecule has 3 heteroatoms. The van der Waals surface area contributed by atoms with Gasteiger partial charge < -0.3 is 4.90 Å². The molecule has 15 heavy (non-hydrogen) atoms. The minimum absolute atomic E-state index is 0.437. The van der Waals surface area contributed by atoms with Crippen LogP contribution in [0.5, 0.6) is 0 Å². The van der Waals surface area contributed by atoms with E-state index >= 15 is 0 Å². The lowest BCUT2D eigenvalue weighted by molar-refractivity contribution is -0.119. The third-order valence-electron chi connectivity index (χ3n) is 2.97. The lowest BCUT2D eigenvalue weighted by Gasteiger charge is -2.26. The van der Waals surface area contributed by atoms with Gasteiger partial charge in [0.2, 0.25) is 0 Å². The summed E-state index contributed by atoms with van der Waals surface area (Å²) in [4.78, 5) is 13.9. The highest BCUT2D eigenvalue weighted by Crippen LogP contribution is 2.10. The SMILES string of the molecule is O=C(CCCBr)CCCN1CCCCC1. The molecule has 1 fully saturated rings. The zero-order valence-electron chi connectivity index (χ0n) is 9.51. The number of rotatable bonds is 7. The third-order valence-corrected chi connectivity index (χ3v) is 3.53. The minimum Gasteiger partial charge on any atom is -0.303 e. The number of carbonyl (C=O) groups is 1. The highest BCUT2D eigenvalue weighted by atomic mass is 79.9. The molecule has 0 aromatic carbocycles. The summed E-state index contributed by atoms with van der Waals surface area (Å²) in [5.41, 5.74) is 0. The Labute approximate surface area is 102 Å². The number of Topliss-reactive ketones (excluding diaryl/α,β-unsaturated/α-hetero) is 1. The number of carbonyl (C=O) groups excluding carboxylic acids is 1. The Morgan fingerprint density at radius 3 is 2.40 bits per heavy atom. The smallest absolute Gasteiger partial charge is 0.132 e. The van der Waals surface area contributed by atoms with Gasteiger partial charge >= 0.3 is 0 Å². The molecule has 0 radical (unpaired) electrons. The molecule has 0 N–H and O–H groups in total. The first-order valence-electron chi connectivity index (χ1n) is 6.13. The Balaban J connectivity index is 1.97. The van der Waals surface area contributed by atoms with Gasteiger partial charge in [0.15, 0.2) is 0 Å². The number of hydrogen-bond donors (Lipinski definition) is 0. The van der Waals surface area contributed by atoms with Crippen molar-refractivity contribution in [1.82, 2.24) is 4.90 Å². The average molecular weight is 276 g/mol. The van der Waals surface area contributed by atoms with Crippen molar-refractivity contribution in [2.75, 3.05) is 25.0 Å². The Kier molecular flexibility index (Phi) is 7.28. The summed E-state index contributed by atoms with van der Waals surface area (Å²) in [5, 5.41) is 0.949. The van der Waals surface area contributed by atoms with Gasteiger partial charge in [0.1, 0.15) is 5.78 Å². The maximum Gasteiger partial charge on any atom is 0.132 e. The number of nitrogens with zero attached hydrogens (tertiary/aromatic N) is 1. The maximum atomic E-state index is 11.4. The second-order valence-electron chi connectivity index (χ2n) is 4.34. The quantitative estimate of drug-likeness (QED) is 0.666. The molecule has 1 saturated heterocycles. The van der Waals surface area contributed by atoms with Crippen molar-refractivity contribution < 1.29 is 4.79 Å². The van der Waals surface area contributed by atoms with E-state index in [-0.39, 0.29) is 0 Å². The fraction of sp³-hybridized carbons (Fsp3) is 0.917. The Hall–Kier alpha value is 0.110. The van der Waals surface area contributed by atoms with Crippen molar-refractivity contribution in [3.63, 3.8) is 0 Å². The van der Waals surface area contributed by atoms with Gasteiger partial charge in [0.05, 0.1) is 0 Å². The highest BCUT2D eigenvalue weighted by Gasteiger charge is 2.10. The van der Waals surface area contributed by atoms with Crippen LogP contribution < -0.4 is 0 Å². The molecule has 0 aromatic heterocycles. The first kappa shape index (κ1) is 13.2. The molecule has 0 bridgehead atoms. The van der Waals surface area contributed by atoms with Gasteiger partial charge in [-0.15, -0.1) is 0 Å². The monoisotopic (exact) mass is 275 g/mol. The predicted molar refractivity (Wildman–Crippen MR) is 67.6 cm³/mol. The fourth-order valence-electron chi connectivity index (χ4n) is 2.07. The summed E-state index contributed by atoms with van der Waals surface area (Å²) in [7, 11) is 0. The van der Waals surface area contributed by atoms with Crippen molar-refractivity contribution in [2.45, 2.75) is 44.9 Å². The van der Waals surface area contributed by atoms with Gasteiger partial charge in [-0.3, -0.25) is 4.79 Å². The fourth-order valence-corrected chi connectivity index (χ4v) is 2.35. The molecular weight excluding hydrogens is 254 g/mol. The summed E-state index contributed by atoms with van der Waals surface area (Å²) in [6.45, 7) is 3.62. The van der Waals surface area contributed by atoms with Crippen LogP contribution >= 0.6 is 15.9 Å². The number of ketones is 1. The predicted octanol–water partition coefficient (Wildman–Crippen LogP) is 3.00. The van der Waals surface area contributed by atoms with Crippen LogP contribution in [-0.2, 0) is 4.79 Å².